The van der Waals surface area contributed by atoms with Gasteiger partial charge in [-0.25, -0.2) is 0 Å². The second-order valence-corrected chi connectivity index (χ2v) is 15.0. The average Bonchev–Trinajstić information content (AvgIpc) is 3.09. The van der Waals surface area contributed by atoms with Crippen LogP contribution in [0.15, 0.2) is 11.1 Å². The van der Waals surface area contributed by atoms with E-state index in [-0.39, 0.29) is 57.8 Å². The molecule has 5 rings (SSSR count). The molecule has 206 valence electrons. The molecule has 0 aliphatic heterocycles. The zero-order valence-electron chi connectivity index (χ0n) is 24.3. The number of fused-ring (bicyclic) bond motifs is 7. The first-order valence-corrected chi connectivity index (χ1v) is 14.7. The van der Waals surface area contributed by atoms with Crippen LogP contribution in [0.2, 0.25) is 0 Å². The molecule has 0 spiro atoms. The van der Waals surface area contributed by atoms with Crippen LogP contribution in [-0.4, -0.2) is 28.9 Å². The van der Waals surface area contributed by atoms with Crippen LogP contribution in [0.3, 0.4) is 0 Å². The summed E-state index contributed by atoms with van der Waals surface area (Å²) in [5.74, 6) is 0.341. The number of ketones is 1. The van der Waals surface area contributed by atoms with Crippen molar-refractivity contribution < 1.29 is 24.2 Å². The molecule has 0 aromatic rings. The van der Waals surface area contributed by atoms with Gasteiger partial charge in [0.05, 0.1) is 5.41 Å². The van der Waals surface area contributed by atoms with Crippen LogP contribution in [0, 0.1) is 50.7 Å². The third-order valence-corrected chi connectivity index (χ3v) is 13.1. The van der Waals surface area contributed by atoms with E-state index in [0.29, 0.717) is 18.3 Å². The summed E-state index contributed by atoms with van der Waals surface area (Å²) in [5, 5.41) is 10.5. The Morgan fingerprint density at radius 2 is 1.57 bits per heavy atom. The maximum atomic E-state index is 13.3. The first-order valence-electron chi connectivity index (χ1n) is 14.7. The Morgan fingerprint density at radius 3 is 2.16 bits per heavy atom. The van der Waals surface area contributed by atoms with E-state index in [1.54, 1.807) is 0 Å². The van der Waals surface area contributed by atoms with Gasteiger partial charge in [0.1, 0.15) is 6.10 Å². The molecule has 5 aliphatic carbocycles. The van der Waals surface area contributed by atoms with Crippen LogP contribution >= 0.6 is 0 Å². The summed E-state index contributed by atoms with van der Waals surface area (Å²) in [6, 6.07) is 0. The first kappa shape index (κ1) is 26.9. The fourth-order valence-corrected chi connectivity index (χ4v) is 11.3. The van der Waals surface area contributed by atoms with Gasteiger partial charge in [0.15, 0.2) is 5.78 Å². The quantitative estimate of drug-likeness (QED) is 0.413. The van der Waals surface area contributed by atoms with Crippen molar-refractivity contribution in [1.29, 1.82) is 0 Å². The lowest BCUT2D eigenvalue weighted by Gasteiger charge is -2.72. The van der Waals surface area contributed by atoms with Gasteiger partial charge in [-0.05, 0) is 102 Å². The third kappa shape index (κ3) is 3.30. The van der Waals surface area contributed by atoms with Gasteiger partial charge in [-0.1, -0.05) is 48.5 Å². The number of rotatable bonds is 3. The summed E-state index contributed by atoms with van der Waals surface area (Å²) in [6.45, 7) is 17.7. The third-order valence-electron chi connectivity index (χ3n) is 13.1. The lowest BCUT2D eigenvalue weighted by atomic mass is 9.33. The normalized spacial score (nSPS) is 46.6. The Morgan fingerprint density at radius 1 is 0.892 bits per heavy atom. The molecule has 1 N–H and O–H groups in total. The van der Waals surface area contributed by atoms with Gasteiger partial charge in [0, 0.05) is 18.8 Å². The second kappa shape index (κ2) is 8.18. The molecule has 0 aromatic heterocycles. The van der Waals surface area contributed by atoms with Gasteiger partial charge < -0.3 is 9.84 Å². The number of carboxylic acid groups (broad SMARTS) is 1. The predicted octanol–water partition coefficient (Wildman–Crippen LogP) is 6.98. The maximum Gasteiger partial charge on any atom is 0.314 e. The Labute approximate surface area is 223 Å². The average molecular weight is 513 g/mol. The van der Waals surface area contributed by atoms with E-state index < -0.39 is 11.4 Å². The minimum absolute atomic E-state index is 0.0280. The Hall–Kier alpha value is -1.65. The molecule has 2 unspecified atom stereocenters. The summed E-state index contributed by atoms with van der Waals surface area (Å²) in [5.41, 5.74) is 0.992. The number of esters is 1. The maximum absolute atomic E-state index is 13.3. The van der Waals surface area contributed by atoms with Crippen molar-refractivity contribution in [2.24, 2.45) is 50.7 Å². The van der Waals surface area contributed by atoms with Gasteiger partial charge in [0.2, 0.25) is 0 Å². The van der Waals surface area contributed by atoms with Gasteiger partial charge in [0.25, 0.3) is 0 Å². The zero-order valence-corrected chi connectivity index (χ0v) is 24.3. The summed E-state index contributed by atoms with van der Waals surface area (Å²) in [7, 11) is 0. The van der Waals surface area contributed by atoms with Gasteiger partial charge in [-0.15, -0.1) is 0 Å². The van der Waals surface area contributed by atoms with E-state index in [4.69, 9.17) is 4.74 Å². The van der Waals surface area contributed by atoms with Gasteiger partial charge >= 0.3 is 11.9 Å². The molecule has 4 saturated carbocycles. The zero-order chi connectivity index (χ0) is 27.3. The number of allylic oxidation sites excluding steroid dienone is 1. The minimum Gasteiger partial charge on any atom is -0.481 e. The highest BCUT2D eigenvalue weighted by molar-refractivity contribution is 6.05. The summed E-state index contributed by atoms with van der Waals surface area (Å²) >= 11 is 0. The minimum atomic E-state index is -0.991. The van der Waals surface area contributed by atoms with Crippen molar-refractivity contribution >= 4 is 17.7 Å². The van der Waals surface area contributed by atoms with Gasteiger partial charge in [-0.2, -0.15) is 0 Å². The monoisotopic (exact) mass is 512 g/mol. The molecule has 0 aromatic carbocycles. The number of carboxylic acids is 1. The summed E-state index contributed by atoms with van der Waals surface area (Å²) in [4.78, 5) is 38.0. The molecule has 5 nitrogen and oxygen atoms in total. The molecule has 4 fully saturated rings. The molecule has 5 heteroatoms. The number of carbonyl (C=O) groups excluding carboxylic acids is 2. The van der Waals surface area contributed by atoms with Crippen LogP contribution in [0.5, 0.6) is 0 Å². The smallest absolute Gasteiger partial charge is 0.314 e. The standard InChI is InChI=1S/C32H48O5/c1-18(2)25-21(34)17-32(27(35)36)16-15-30(7)20(26(25)32)9-10-23-29(6)13-12-24(37-19(3)33)28(4,5)22(29)11-14-31(23,30)8/h18,20,22-24H,9-17H2,1-8H3,(H,35,36)/t20-,22?,23?,24+,29+,30-,31-,32-/m1/s1. The van der Waals surface area contributed by atoms with E-state index in [2.05, 4.69) is 48.5 Å². The molecule has 8 atom stereocenters. The fourth-order valence-electron chi connectivity index (χ4n) is 11.3. The van der Waals surface area contributed by atoms with Crippen LogP contribution in [-0.2, 0) is 19.1 Å². The lowest BCUT2D eigenvalue weighted by molar-refractivity contribution is -0.233. The van der Waals surface area contributed by atoms with Gasteiger partial charge in [-0.3, -0.25) is 14.4 Å². The van der Waals surface area contributed by atoms with E-state index in [9.17, 15) is 19.5 Å². The molecule has 5 aliphatic rings. The Bertz CT molecular complexity index is 1070. The van der Waals surface area contributed by atoms with Crippen molar-refractivity contribution in [3.8, 4) is 0 Å². The SMILES string of the molecule is CC(=O)O[C@H]1CC[C@@]2(C)C(CC[C@]3(C)C2CC[C@@H]2C4=C(C(C)C)C(=O)C[C@]4(C(=O)O)CC[C@]23C)C1(C)C. The van der Waals surface area contributed by atoms with Crippen molar-refractivity contribution in [3.63, 3.8) is 0 Å². The molecular formula is C32H48O5. The van der Waals surface area contributed by atoms with E-state index in [1.165, 1.54) is 6.92 Å². The molecular weight excluding hydrogens is 464 g/mol. The van der Waals surface area contributed by atoms with Crippen LogP contribution in [0.1, 0.15) is 113 Å². The van der Waals surface area contributed by atoms with Crippen LogP contribution < -0.4 is 0 Å². The molecule has 0 amide bonds. The summed E-state index contributed by atoms with van der Waals surface area (Å²) in [6.07, 6.45) is 7.82. The number of Topliss-reactive ketones (excluding diaryl/α,β-unsaturated/α-hetero) is 1. The van der Waals surface area contributed by atoms with Crippen LogP contribution in [0.4, 0.5) is 0 Å². The Kier molecular flexibility index (Phi) is 5.95. The largest absolute Gasteiger partial charge is 0.481 e. The molecule has 37 heavy (non-hydrogen) atoms. The van der Waals surface area contributed by atoms with Crippen LogP contribution in [0.25, 0.3) is 0 Å². The lowest BCUT2D eigenvalue weighted by Crippen LogP contribution is -2.66. The van der Waals surface area contributed by atoms with E-state index in [1.807, 2.05) is 0 Å². The highest BCUT2D eigenvalue weighted by Gasteiger charge is 2.71. The number of carbonyl (C=O) groups is 3. The highest BCUT2D eigenvalue weighted by Crippen LogP contribution is 2.76. The Balaban J connectivity index is 1.57. The first-order chi connectivity index (χ1) is 17.1. The van der Waals surface area contributed by atoms with E-state index in [0.717, 1.165) is 56.1 Å². The van der Waals surface area contributed by atoms with E-state index >= 15 is 0 Å². The summed E-state index contributed by atoms with van der Waals surface area (Å²) < 4.78 is 5.86. The predicted molar refractivity (Wildman–Crippen MR) is 143 cm³/mol. The fraction of sp³-hybridized carbons (Fsp3) is 0.844. The molecule has 0 heterocycles. The highest BCUT2D eigenvalue weighted by atomic mass is 16.5. The van der Waals surface area contributed by atoms with Crippen molar-refractivity contribution in [2.45, 2.75) is 119 Å². The second-order valence-electron chi connectivity index (χ2n) is 15.0. The number of aliphatic carboxylic acids is 1. The molecule has 0 bridgehead atoms. The van der Waals surface area contributed by atoms with Crippen molar-refractivity contribution in [2.75, 3.05) is 0 Å². The van der Waals surface area contributed by atoms with Crippen molar-refractivity contribution in [1.82, 2.24) is 0 Å². The molecule has 0 saturated heterocycles. The molecule has 0 radical (unpaired) electrons. The van der Waals surface area contributed by atoms with Crippen molar-refractivity contribution in [3.05, 3.63) is 11.1 Å². The number of hydrogen-bond acceptors (Lipinski definition) is 4. The number of ether oxygens (including phenoxy) is 1. The topological polar surface area (TPSA) is 80.7 Å². The number of hydrogen-bond donors (Lipinski definition) is 1.